The van der Waals surface area contributed by atoms with E-state index in [1.54, 1.807) is 7.11 Å². The molecule has 1 aromatic carbocycles. The Balaban J connectivity index is 3.07. The third-order valence-electron chi connectivity index (χ3n) is 3.46. The van der Waals surface area contributed by atoms with Crippen LogP contribution in [0.3, 0.4) is 0 Å². The van der Waals surface area contributed by atoms with Crippen molar-refractivity contribution in [1.29, 1.82) is 0 Å². The predicted octanol–water partition coefficient (Wildman–Crippen LogP) is 1.93. The molecule has 1 N–H and O–H groups in total. The van der Waals surface area contributed by atoms with E-state index >= 15 is 0 Å². The SMILES string of the molecule is COCCNC(C)(C(=O)OC)c1ccc(C)c(C)c1. The van der Waals surface area contributed by atoms with Gasteiger partial charge in [-0.3, -0.25) is 5.32 Å². The molecular formula is C15H23NO3. The maximum Gasteiger partial charge on any atom is 0.330 e. The number of rotatable bonds is 6. The van der Waals surface area contributed by atoms with Crippen LogP contribution in [-0.2, 0) is 19.8 Å². The summed E-state index contributed by atoms with van der Waals surface area (Å²) in [5.74, 6) is -0.299. The van der Waals surface area contributed by atoms with Gasteiger partial charge < -0.3 is 9.47 Å². The molecule has 0 aliphatic heterocycles. The van der Waals surface area contributed by atoms with E-state index in [1.807, 2.05) is 39.0 Å². The fourth-order valence-electron chi connectivity index (χ4n) is 1.95. The molecule has 0 aliphatic rings. The van der Waals surface area contributed by atoms with Crippen LogP contribution in [0.25, 0.3) is 0 Å². The normalized spacial score (nSPS) is 13.9. The van der Waals surface area contributed by atoms with Crippen LogP contribution in [0.2, 0.25) is 0 Å². The Morgan fingerprint density at radius 1 is 1.26 bits per heavy atom. The van der Waals surface area contributed by atoms with Crippen molar-refractivity contribution >= 4 is 5.97 Å². The van der Waals surface area contributed by atoms with Gasteiger partial charge in [-0.25, -0.2) is 4.79 Å². The van der Waals surface area contributed by atoms with E-state index in [1.165, 1.54) is 12.7 Å². The molecule has 0 aliphatic carbocycles. The molecule has 0 radical (unpaired) electrons. The summed E-state index contributed by atoms with van der Waals surface area (Å²) in [5.41, 5.74) is 2.40. The van der Waals surface area contributed by atoms with Gasteiger partial charge in [0.25, 0.3) is 0 Å². The van der Waals surface area contributed by atoms with E-state index in [0.29, 0.717) is 13.2 Å². The topological polar surface area (TPSA) is 47.6 Å². The zero-order valence-corrected chi connectivity index (χ0v) is 12.4. The molecule has 106 valence electrons. The van der Waals surface area contributed by atoms with Gasteiger partial charge in [-0.15, -0.1) is 0 Å². The average Bonchev–Trinajstić information content (AvgIpc) is 2.40. The number of carbonyl (C=O) groups excluding carboxylic acids is 1. The van der Waals surface area contributed by atoms with Gasteiger partial charge in [0.2, 0.25) is 0 Å². The Morgan fingerprint density at radius 2 is 1.95 bits per heavy atom. The molecule has 1 rings (SSSR count). The van der Waals surface area contributed by atoms with Crippen molar-refractivity contribution in [2.24, 2.45) is 0 Å². The fourth-order valence-corrected chi connectivity index (χ4v) is 1.95. The Hall–Kier alpha value is -1.39. The van der Waals surface area contributed by atoms with Crippen LogP contribution in [0, 0.1) is 13.8 Å². The number of benzene rings is 1. The third-order valence-corrected chi connectivity index (χ3v) is 3.46. The van der Waals surface area contributed by atoms with Gasteiger partial charge in [-0.1, -0.05) is 18.2 Å². The van der Waals surface area contributed by atoms with Gasteiger partial charge in [0.05, 0.1) is 13.7 Å². The number of carbonyl (C=O) groups is 1. The largest absolute Gasteiger partial charge is 0.467 e. The Kier molecular flexibility index (Phi) is 5.51. The molecule has 0 fully saturated rings. The van der Waals surface area contributed by atoms with E-state index in [0.717, 1.165) is 11.1 Å². The second-order valence-corrected chi connectivity index (χ2v) is 4.84. The maximum absolute atomic E-state index is 12.1. The van der Waals surface area contributed by atoms with Crippen molar-refractivity contribution in [3.8, 4) is 0 Å². The van der Waals surface area contributed by atoms with Gasteiger partial charge >= 0.3 is 5.97 Å². The van der Waals surface area contributed by atoms with Crippen molar-refractivity contribution in [3.63, 3.8) is 0 Å². The summed E-state index contributed by atoms with van der Waals surface area (Å²) < 4.78 is 9.94. The maximum atomic E-state index is 12.1. The van der Waals surface area contributed by atoms with Crippen LogP contribution in [0.5, 0.6) is 0 Å². The highest BCUT2D eigenvalue weighted by molar-refractivity contribution is 5.82. The third kappa shape index (κ3) is 3.55. The lowest BCUT2D eigenvalue weighted by Crippen LogP contribution is -2.48. The van der Waals surface area contributed by atoms with Gasteiger partial charge in [-0.05, 0) is 37.5 Å². The minimum Gasteiger partial charge on any atom is -0.467 e. The average molecular weight is 265 g/mol. The van der Waals surface area contributed by atoms with E-state index in [2.05, 4.69) is 5.32 Å². The first-order chi connectivity index (χ1) is 8.95. The monoisotopic (exact) mass is 265 g/mol. The van der Waals surface area contributed by atoms with Crippen molar-refractivity contribution in [2.75, 3.05) is 27.4 Å². The molecule has 0 aromatic heterocycles. The van der Waals surface area contributed by atoms with Crippen molar-refractivity contribution in [2.45, 2.75) is 26.3 Å². The number of ether oxygens (including phenoxy) is 2. The van der Waals surface area contributed by atoms with Crippen molar-refractivity contribution in [1.82, 2.24) is 5.32 Å². The van der Waals surface area contributed by atoms with Gasteiger partial charge in [0, 0.05) is 13.7 Å². The molecule has 0 spiro atoms. The summed E-state index contributed by atoms with van der Waals surface area (Å²) >= 11 is 0. The minimum absolute atomic E-state index is 0.299. The molecule has 19 heavy (non-hydrogen) atoms. The number of nitrogens with one attached hydrogen (secondary N) is 1. The molecule has 0 amide bonds. The summed E-state index contributed by atoms with van der Waals surface area (Å²) in [6, 6.07) is 6.00. The highest BCUT2D eigenvalue weighted by Crippen LogP contribution is 2.24. The number of methoxy groups -OCH3 is 2. The molecule has 0 saturated heterocycles. The Morgan fingerprint density at radius 3 is 2.47 bits per heavy atom. The van der Waals surface area contributed by atoms with Gasteiger partial charge in [0.1, 0.15) is 5.54 Å². The first kappa shape index (κ1) is 15.7. The molecule has 4 nitrogen and oxygen atoms in total. The summed E-state index contributed by atoms with van der Waals surface area (Å²) in [4.78, 5) is 12.1. The van der Waals surface area contributed by atoms with Crippen LogP contribution in [0.1, 0.15) is 23.6 Å². The van der Waals surface area contributed by atoms with Crippen molar-refractivity contribution < 1.29 is 14.3 Å². The quantitative estimate of drug-likeness (QED) is 0.630. The highest BCUT2D eigenvalue weighted by Gasteiger charge is 2.35. The molecule has 1 unspecified atom stereocenters. The summed E-state index contributed by atoms with van der Waals surface area (Å²) in [7, 11) is 3.03. The first-order valence-corrected chi connectivity index (χ1v) is 6.36. The smallest absolute Gasteiger partial charge is 0.330 e. The molecule has 1 aromatic rings. The van der Waals surface area contributed by atoms with Crippen LogP contribution in [-0.4, -0.2) is 33.3 Å². The van der Waals surface area contributed by atoms with Gasteiger partial charge in [-0.2, -0.15) is 0 Å². The van der Waals surface area contributed by atoms with E-state index in [9.17, 15) is 4.79 Å². The standard InChI is InChI=1S/C15H23NO3/c1-11-6-7-13(10-12(11)2)15(3,14(17)19-5)16-8-9-18-4/h6-7,10,16H,8-9H2,1-5H3. The number of hydrogen-bond acceptors (Lipinski definition) is 4. The van der Waals surface area contributed by atoms with E-state index in [4.69, 9.17) is 9.47 Å². The van der Waals surface area contributed by atoms with Crippen LogP contribution in [0.4, 0.5) is 0 Å². The zero-order valence-electron chi connectivity index (χ0n) is 12.4. The lowest BCUT2D eigenvalue weighted by Gasteiger charge is -2.29. The number of esters is 1. The number of aryl methyl sites for hydroxylation is 2. The molecular weight excluding hydrogens is 242 g/mol. The molecule has 0 heterocycles. The van der Waals surface area contributed by atoms with Gasteiger partial charge in [0.15, 0.2) is 0 Å². The first-order valence-electron chi connectivity index (χ1n) is 6.36. The van der Waals surface area contributed by atoms with Crippen LogP contribution >= 0.6 is 0 Å². The lowest BCUT2D eigenvalue weighted by atomic mass is 9.89. The Labute approximate surface area is 115 Å². The summed E-state index contributed by atoms with van der Waals surface area (Å²) in [5, 5.41) is 3.21. The highest BCUT2D eigenvalue weighted by atomic mass is 16.5. The Bertz CT molecular complexity index is 445. The summed E-state index contributed by atoms with van der Waals surface area (Å²) in [6.07, 6.45) is 0. The van der Waals surface area contributed by atoms with Crippen molar-refractivity contribution in [3.05, 3.63) is 34.9 Å². The van der Waals surface area contributed by atoms with E-state index in [-0.39, 0.29) is 5.97 Å². The van der Waals surface area contributed by atoms with Crippen LogP contribution in [0.15, 0.2) is 18.2 Å². The minimum atomic E-state index is -0.855. The number of hydrogen-bond donors (Lipinski definition) is 1. The van der Waals surface area contributed by atoms with Crippen LogP contribution < -0.4 is 5.32 Å². The molecule has 4 heteroatoms. The van der Waals surface area contributed by atoms with E-state index < -0.39 is 5.54 Å². The molecule has 0 saturated carbocycles. The predicted molar refractivity (Wildman–Crippen MR) is 75.2 cm³/mol. The lowest BCUT2D eigenvalue weighted by molar-refractivity contribution is -0.148. The fraction of sp³-hybridized carbons (Fsp3) is 0.533. The zero-order chi connectivity index (χ0) is 14.5. The molecule has 0 bridgehead atoms. The second kappa shape index (κ2) is 6.68. The summed E-state index contributed by atoms with van der Waals surface area (Å²) in [6.45, 7) is 7.03. The molecule has 1 atom stereocenters. The second-order valence-electron chi connectivity index (χ2n) is 4.84.